The molecule has 0 radical (unpaired) electrons. The van der Waals surface area contributed by atoms with Gasteiger partial charge in [0.05, 0.1) is 10.9 Å². The van der Waals surface area contributed by atoms with Crippen LogP contribution in [-0.2, 0) is 4.79 Å². The lowest BCUT2D eigenvalue weighted by Crippen LogP contribution is -2.22. The van der Waals surface area contributed by atoms with E-state index in [0.717, 1.165) is 16.2 Å². The molecule has 3 nitrogen and oxygen atoms in total. The lowest BCUT2D eigenvalue weighted by molar-refractivity contribution is -0.115. The maximum absolute atomic E-state index is 12.3. The summed E-state index contributed by atoms with van der Waals surface area (Å²) >= 11 is 8.84. The molecule has 0 aliphatic rings. The largest absolute Gasteiger partial charge is 0.301 e. The molecule has 2 aromatic carbocycles. The van der Waals surface area contributed by atoms with Crippen molar-refractivity contribution < 1.29 is 4.79 Å². The minimum Gasteiger partial charge on any atom is -0.301 e. The monoisotopic (exact) mass is 374 g/mol. The molecule has 1 amide bonds. The van der Waals surface area contributed by atoms with Crippen molar-refractivity contribution in [1.82, 2.24) is 4.98 Å². The summed E-state index contributed by atoms with van der Waals surface area (Å²) in [4.78, 5) is 17.9. The van der Waals surface area contributed by atoms with Gasteiger partial charge in [-0.3, -0.25) is 4.79 Å². The quantitative estimate of drug-likeness (QED) is 0.592. The van der Waals surface area contributed by atoms with Gasteiger partial charge in [-0.1, -0.05) is 41.9 Å². The van der Waals surface area contributed by atoms with Crippen molar-refractivity contribution in [2.45, 2.75) is 17.1 Å². The van der Waals surface area contributed by atoms with Gasteiger partial charge in [-0.15, -0.1) is 23.1 Å². The van der Waals surface area contributed by atoms with Gasteiger partial charge >= 0.3 is 0 Å². The fraction of sp³-hybridized carbons (Fsp3) is 0.111. The first-order valence-corrected chi connectivity index (χ1v) is 9.49. The highest BCUT2D eigenvalue weighted by molar-refractivity contribution is 8.00. The van der Waals surface area contributed by atoms with Gasteiger partial charge in [0, 0.05) is 20.9 Å². The number of carbonyl (C=O) groups excluding carboxylic acids is 1. The van der Waals surface area contributed by atoms with Crippen LogP contribution >= 0.6 is 34.7 Å². The number of rotatable bonds is 5. The van der Waals surface area contributed by atoms with Crippen LogP contribution in [0.3, 0.4) is 0 Å². The standard InChI is InChI=1S/C18H15ClN2OS2/c1-12(24-15-5-3-2-4-6-15)17(22)21-18-20-16(11-23-18)13-7-9-14(19)10-8-13/h2-12H,1H3,(H,20,21,22). The van der Waals surface area contributed by atoms with E-state index in [-0.39, 0.29) is 11.2 Å². The number of nitrogens with zero attached hydrogens (tertiary/aromatic N) is 1. The van der Waals surface area contributed by atoms with E-state index in [0.29, 0.717) is 10.2 Å². The number of aromatic nitrogens is 1. The number of hydrogen-bond acceptors (Lipinski definition) is 4. The predicted octanol–water partition coefficient (Wildman–Crippen LogP) is 5.58. The van der Waals surface area contributed by atoms with E-state index in [2.05, 4.69) is 10.3 Å². The number of hydrogen-bond donors (Lipinski definition) is 1. The van der Waals surface area contributed by atoms with Crippen LogP contribution in [0.15, 0.2) is 64.9 Å². The third-order valence-corrected chi connectivity index (χ3v) is 5.42. The fourth-order valence-corrected chi connectivity index (χ4v) is 3.79. The Morgan fingerprint density at radius 3 is 2.58 bits per heavy atom. The van der Waals surface area contributed by atoms with Crippen LogP contribution in [0.4, 0.5) is 5.13 Å². The van der Waals surface area contributed by atoms with Gasteiger partial charge in [-0.2, -0.15) is 0 Å². The van der Waals surface area contributed by atoms with Gasteiger partial charge in [0.2, 0.25) is 5.91 Å². The highest BCUT2D eigenvalue weighted by Crippen LogP contribution is 2.28. The van der Waals surface area contributed by atoms with E-state index in [1.165, 1.54) is 23.1 Å². The molecule has 122 valence electrons. The average molecular weight is 375 g/mol. The smallest absolute Gasteiger partial charge is 0.239 e. The van der Waals surface area contributed by atoms with Crippen molar-refractivity contribution in [3.05, 3.63) is 65.0 Å². The van der Waals surface area contributed by atoms with Crippen LogP contribution in [0.25, 0.3) is 11.3 Å². The normalized spacial score (nSPS) is 11.9. The van der Waals surface area contributed by atoms with Crippen molar-refractivity contribution in [2.24, 2.45) is 0 Å². The highest BCUT2D eigenvalue weighted by atomic mass is 35.5. The Kier molecular flexibility index (Phi) is 5.56. The molecule has 0 saturated carbocycles. The molecule has 1 N–H and O–H groups in total. The lowest BCUT2D eigenvalue weighted by atomic mass is 10.2. The van der Waals surface area contributed by atoms with E-state index in [4.69, 9.17) is 11.6 Å². The van der Waals surface area contributed by atoms with Crippen LogP contribution in [0.2, 0.25) is 5.02 Å². The maximum atomic E-state index is 12.3. The second-order valence-electron chi connectivity index (χ2n) is 5.11. The molecular formula is C18H15ClN2OS2. The third kappa shape index (κ3) is 4.38. The molecule has 3 rings (SSSR count). The van der Waals surface area contributed by atoms with Gasteiger partial charge in [-0.25, -0.2) is 4.98 Å². The molecule has 0 aliphatic carbocycles. The third-order valence-electron chi connectivity index (χ3n) is 3.30. The Morgan fingerprint density at radius 1 is 1.17 bits per heavy atom. The number of nitrogens with one attached hydrogen (secondary N) is 1. The van der Waals surface area contributed by atoms with E-state index in [1.54, 1.807) is 0 Å². The Morgan fingerprint density at radius 2 is 1.88 bits per heavy atom. The van der Waals surface area contributed by atoms with E-state index >= 15 is 0 Å². The van der Waals surface area contributed by atoms with Crippen LogP contribution < -0.4 is 5.32 Å². The molecule has 0 fully saturated rings. The van der Waals surface area contributed by atoms with E-state index in [9.17, 15) is 4.79 Å². The Balaban J connectivity index is 1.63. The minimum atomic E-state index is -0.199. The molecule has 0 bridgehead atoms. The first-order valence-electron chi connectivity index (χ1n) is 7.36. The fourth-order valence-electron chi connectivity index (χ4n) is 2.05. The molecule has 3 aromatic rings. The second-order valence-corrected chi connectivity index (χ2v) is 7.82. The second kappa shape index (κ2) is 7.83. The summed E-state index contributed by atoms with van der Waals surface area (Å²) in [6.45, 7) is 1.89. The zero-order valence-electron chi connectivity index (χ0n) is 12.9. The summed E-state index contributed by atoms with van der Waals surface area (Å²) in [5, 5.41) is 5.90. The maximum Gasteiger partial charge on any atom is 0.239 e. The van der Waals surface area contributed by atoms with Crippen molar-refractivity contribution in [1.29, 1.82) is 0 Å². The lowest BCUT2D eigenvalue weighted by Gasteiger charge is -2.10. The first-order chi connectivity index (χ1) is 11.6. The molecule has 0 aliphatic heterocycles. The SMILES string of the molecule is CC(Sc1ccccc1)C(=O)Nc1nc(-c2ccc(Cl)cc2)cs1. The molecular weight excluding hydrogens is 360 g/mol. The zero-order chi connectivity index (χ0) is 16.9. The number of thioether (sulfide) groups is 1. The summed E-state index contributed by atoms with van der Waals surface area (Å²) < 4.78 is 0. The van der Waals surface area contributed by atoms with Crippen LogP contribution in [0, 0.1) is 0 Å². The first kappa shape index (κ1) is 17.0. The molecule has 1 heterocycles. The van der Waals surface area contributed by atoms with Gasteiger partial charge < -0.3 is 5.32 Å². The Labute approximate surface area is 154 Å². The minimum absolute atomic E-state index is 0.0548. The number of amides is 1. The van der Waals surface area contributed by atoms with Crippen molar-refractivity contribution in [3.63, 3.8) is 0 Å². The number of carbonyl (C=O) groups is 1. The summed E-state index contributed by atoms with van der Waals surface area (Å²) in [7, 11) is 0. The molecule has 1 aromatic heterocycles. The summed E-state index contributed by atoms with van der Waals surface area (Å²) in [6.07, 6.45) is 0. The summed E-state index contributed by atoms with van der Waals surface area (Å²) in [5.74, 6) is -0.0548. The number of thiazole rings is 1. The Hall–Kier alpha value is -1.82. The average Bonchev–Trinajstić information content (AvgIpc) is 3.05. The van der Waals surface area contributed by atoms with Gasteiger partial charge in [0.1, 0.15) is 0 Å². The Bertz CT molecular complexity index is 819. The number of halogens is 1. The highest BCUT2D eigenvalue weighted by Gasteiger charge is 2.16. The molecule has 1 atom stereocenters. The predicted molar refractivity (Wildman–Crippen MR) is 103 cm³/mol. The van der Waals surface area contributed by atoms with Crippen LogP contribution in [-0.4, -0.2) is 16.1 Å². The van der Waals surface area contributed by atoms with Crippen molar-refractivity contribution in [2.75, 3.05) is 5.32 Å². The molecule has 1 unspecified atom stereocenters. The van der Waals surface area contributed by atoms with Crippen LogP contribution in [0.5, 0.6) is 0 Å². The molecule has 0 spiro atoms. The number of benzene rings is 2. The summed E-state index contributed by atoms with van der Waals surface area (Å²) in [6, 6.07) is 17.4. The molecule has 24 heavy (non-hydrogen) atoms. The van der Waals surface area contributed by atoms with Gasteiger partial charge in [-0.05, 0) is 31.2 Å². The summed E-state index contributed by atoms with van der Waals surface area (Å²) in [5.41, 5.74) is 1.80. The van der Waals surface area contributed by atoms with Gasteiger partial charge in [0.25, 0.3) is 0 Å². The zero-order valence-corrected chi connectivity index (χ0v) is 15.3. The number of anilines is 1. The van der Waals surface area contributed by atoms with E-state index < -0.39 is 0 Å². The van der Waals surface area contributed by atoms with Crippen LogP contribution in [0.1, 0.15) is 6.92 Å². The van der Waals surface area contributed by atoms with Gasteiger partial charge in [0.15, 0.2) is 5.13 Å². The molecule has 6 heteroatoms. The molecule has 0 saturated heterocycles. The van der Waals surface area contributed by atoms with E-state index in [1.807, 2.05) is 66.9 Å². The van der Waals surface area contributed by atoms with Crippen molar-refractivity contribution >= 4 is 45.7 Å². The van der Waals surface area contributed by atoms with Crippen molar-refractivity contribution in [3.8, 4) is 11.3 Å². The topological polar surface area (TPSA) is 42.0 Å².